The molecule has 1 saturated carbocycles. The van der Waals surface area contributed by atoms with E-state index in [1.165, 1.54) is 7.11 Å². The summed E-state index contributed by atoms with van der Waals surface area (Å²) in [6.07, 6.45) is 3.66. The molecule has 0 aromatic heterocycles. The topological polar surface area (TPSA) is 43.4 Å². The van der Waals surface area contributed by atoms with Crippen molar-refractivity contribution in [2.75, 3.05) is 7.11 Å². The van der Waals surface area contributed by atoms with Gasteiger partial charge in [0.15, 0.2) is 0 Å². The number of ketones is 1. The van der Waals surface area contributed by atoms with E-state index in [-0.39, 0.29) is 29.0 Å². The lowest BCUT2D eigenvalue weighted by Crippen LogP contribution is -2.37. The molecule has 0 aromatic rings. The van der Waals surface area contributed by atoms with E-state index < -0.39 is 0 Å². The highest BCUT2D eigenvalue weighted by Crippen LogP contribution is 2.53. The Kier molecular flexibility index (Phi) is 3.76. The molecule has 0 amide bonds. The zero-order valence-electron chi connectivity index (χ0n) is 10.8. The van der Waals surface area contributed by atoms with Gasteiger partial charge in [-0.25, -0.2) is 0 Å². The van der Waals surface area contributed by atoms with Crippen LogP contribution in [-0.2, 0) is 14.3 Å². The smallest absolute Gasteiger partial charge is 0.305 e. The predicted molar refractivity (Wildman–Crippen MR) is 62.0 cm³/mol. The second-order valence-electron chi connectivity index (χ2n) is 5.57. The van der Waals surface area contributed by atoms with Gasteiger partial charge in [-0.2, -0.15) is 0 Å². The highest BCUT2D eigenvalue weighted by Gasteiger charge is 2.49. The summed E-state index contributed by atoms with van der Waals surface area (Å²) in [5.74, 6) is -0.0897. The average Bonchev–Trinajstić information content (AvgIpc) is 2.50. The Morgan fingerprint density at radius 3 is 2.19 bits per heavy atom. The standard InChI is InChI=1S/C13H22O3/c1-12(2)8-5-9-13(12,3)10(14)6-7-11(15)16-4/h5-9H2,1-4H3/t13-/m0/s1. The first-order valence-corrected chi connectivity index (χ1v) is 5.93. The number of carbonyl (C=O) groups is 2. The Bertz CT molecular complexity index is 294. The fourth-order valence-electron chi connectivity index (χ4n) is 2.61. The molecule has 1 fully saturated rings. The fourth-order valence-corrected chi connectivity index (χ4v) is 2.61. The zero-order valence-corrected chi connectivity index (χ0v) is 10.8. The van der Waals surface area contributed by atoms with Crippen molar-refractivity contribution < 1.29 is 14.3 Å². The first-order chi connectivity index (χ1) is 7.33. The summed E-state index contributed by atoms with van der Waals surface area (Å²) in [5.41, 5.74) is -0.207. The van der Waals surface area contributed by atoms with Crippen molar-refractivity contribution in [3.8, 4) is 0 Å². The lowest BCUT2D eigenvalue weighted by Gasteiger charge is -2.37. The van der Waals surface area contributed by atoms with Crippen molar-refractivity contribution in [2.24, 2.45) is 10.8 Å². The van der Waals surface area contributed by atoms with E-state index in [0.717, 1.165) is 19.3 Å². The van der Waals surface area contributed by atoms with Gasteiger partial charge in [-0.3, -0.25) is 9.59 Å². The van der Waals surface area contributed by atoms with E-state index in [2.05, 4.69) is 18.6 Å². The normalized spacial score (nSPS) is 27.8. The van der Waals surface area contributed by atoms with Crippen LogP contribution in [0.3, 0.4) is 0 Å². The number of carbonyl (C=O) groups excluding carboxylic acids is 2. The Hall–Kier alpha value is -0.860. The number of methoxy groups -OCH3 is 1. The minimum absolute atomic E-state index is 0.0558. The van der Waals surface area contributed by atoms with E-state index in [0.29, 0.717) is 6.42 Å². The summed E-state index contributed by atoms with van der Waals surface area (Å²) in [4.78, 5) is 23.2. The lowest BCUT2D eigenvalue weighted by molar-refractivity contribution is -0.143. The van der Waals surface area contributed by atoms with Crippen molar-refractivity contribution in [3.63, 3.8) is 0 Å². The van der Waals surface area contributed by atoms with Crippen molar-refractivity contribution in [1.29, 1.82) is 0 Å². The quantitative estimate of drug-likeness (QED) is 0.692. The first-order valence-electron chi connectivity index (χ1n) is 5.93. The van der Waals surface area contributed by atoms with Gasteiger partial charge in [0.05, 0.1) is 13.5 Å². The van der Waals surface area contributed by atoms with Crippen LogP contribution in [0.15, 0.2) is 0 Å². The van der Waals surface area contributed by atoms with Gasteiger partial charge >= 0.3 is 5.97 Å². The second-order valence-corrected chi connectivity index (χ2v) is 5.57. The number of Topliss-reactive ketones (excluding diaryl/α,β-unsaturated/α-hetero) is 1. The molecule has 1 aliphatic carbocycles. The molecule has 0 aliphatic heterocycles. The molecule has 16 heavy (non-hydrogen) atoms. The molecule has 0 saturated heterocycles. The summed E-state index contributed by atoms with van der Waals surface area (Å²) in [7, 11) is 1.36. The van der Waals surface area contributed by atoms with Crippen LogP contribution >= 0.6 is 0 Å². The third kappa shape index (κ3) is 2.28. The summed E-state index contributed by atoms with van der Waals surface area (Å²) < 4.78 is 4.56. The van der Waals surface area contributed by atoms with Crippen LogP contribution in [0.25, 0.3) is 0 Å². The van der Waals surface area contributed by atoms with Crippen LogP contribution in [-0.4, -0.2) is 18.9 Å². The highest BCUT2D eigenvalue weighted by atomic mass is 16.5. The number of rotatable bonds is 4. The minimum Gasteiger partial charge on any atom is -0.469 e. The summed E-state index contributed by atoms with van der Waals surface area (Å²) in [6, 6.07) is 0. The monoisotopic (exact) mass is 226 g/mol. The molecule has 0 heterocycles. The van der Waals surface area contributed by atoms with E-state index in [1.807, 2.05) is 6.92 Å². The van der Waals surface area contributed by atoms with E-state index >= 15 is 0 Å². The van der Waals surface area contributed by atoms with Gasteiger partial charge in [-0.05, 0) is 18.3 Å². The molecule has 0 unspecified atom stereocenters. The molecule has 3 nitrogen and oxygen atoms in total. The maximum Gasteiger partial charge on any atom is 0.305 e. The third-order valence-electron chi connectivity index (χ3n) is 4.37. The number of ether oxygens (including phenoxy) is 1. The first kappa shape index (κ1) is 13.2. The van der Waals surface area contributed by atoms with Crippen LogP contribution < -0.4 is 0 Å². The Balaban J connectivity index is 2.63. The molecule has 0 bridgehead atoms. The van der Waals surface area contributed by atoms with Gasteiger partial charge in [0.1, 0.15) is 5.78 Å². The van der Waals surface area contributed by atoms with Gasteiger partial charge < -0.3 is 4.74 Å². The predicted octanol–water partition coefficient (Wildman–Crippen LogP) is 2.73. The largest absolute Gasteiger partial charge is 0.469 e. The minimum atomic E-state index is -0.298. The molecule has 1 aliphatic rings. The van der Waals surface area contributed by atoms with Crippen LogP contribution in [0, 0.1) is 10.8 Å². The molecule has 0 aromatic carbocycles. The van der Waals surface area contributed by atoms with Gasteiger partial charge in [-0.15, -0.1) is 0 Å². The number of hydrogen-bond donors (Lipinski definition) is 0. The summed E-state index contributed by atoms with van der Waals surface area (Å²) >= 11 is 0. The maximum absolute atomic E-state index is 12.2. The van der Waals surface area contributed by atoms with Crippen LogP contribution in [0.5, 0.6) is 0 Å². The third-order valence-corrected chi connectivity index (χ3v) is 4.37. The highest BCUT2D eigenvalue weighted by molar-refractivity contribution is 5.88. The van der Waals surface area contributed by atoms with E-state index in [9.17, 15) is 9.59 Å². The Morgan fingerprint density at radius 2 is 1.75 bits per heavy atom. The Labute approximate surface area is 97.5 Å². The van der Waals surface area contributed by atoms with Crippen molar-refractivity contribution in [1.82, 2.24) is 0 Å². The van der Waals surface area contributed by atoms with Crippen molar-refractivity contribution >= 4 is 11.8 Å². The van der Waals surface area contributed by atoms with E-state index in [1.54, 1.807) is 0 Å². The van der Waals surface area contributed by atoms with Crippen LogP contribution in [0.4, 0.5) is 0 Å². The van der Waals surface area contributed by atoms with Crippen LogP contribution in [0.2, 0.25) is 0 Å². The molecular formula is C13H22O3. The number of hydrogen-bond acceptors (Lipinski definition) is 3. The van der Waals surface area contributed by atoms with Gasteiger partial charge in [0.25, 0.3) is 0 Å². The summed E-state index contributed by atoms with van der Waals surface area (Å²) in [6.45, 7) is 6.34. The molecule has 1 rings (SSSR count). The Morgan fingerprint density at radius 1 is 1.12 bits per heavy atom. The molecule has 0 spiro atoms. The van der Waals surface area contributed by atoms with Gasteiger partial charge in [-0.1, -0.05) is 27.2 Å². The molecule has 3 heteroatoms. The van der Waals surface area contributed by atoms with Crippen molar-refractivity contribution in [3.05, 3.63) is 0 Å². The van der Waals surface area contributed by atoms with Gasteiger partial charge in [0.2, 0.25) is 0 Å². The summed E-state index contributed by atoms with van der Waals surface area (Å²) in [5, 5.41) is 0. The fraction of sp³-hybridized carbons (Fsp3) is 0.846. The second kappa shape index (κ2) is 4.56. The molecule has 1 atom stereocenters. The molecule has 0 radical (unpaired) electrons. The van der Waals surface area contributed by atoms with Gasteiger partial charge in [0, 0.05) is 11.8 Å². The van der Waals surface area contributed by atoms with E-state index in [4.69, 9.17) is 0 Å². The maximum atomic E-state index is 12.2. The van der Waals surface area contributed by atoms with Crippen LogP contribution in [0.1, 0.15) is 52.9 Å². The zero-order chi connectivity index (χ0) is 12.4. The molecular weight excluding hydrogens is 204 g/mol. The SMILES string of the molecule is COC(=O)CCC(=O)[C@]1(C)CCCC1(C)C. The number of esters is 1. The molecule has 92 valence electrons. The van der Waals surface area contributed by atoms with Crippen molar-refractivity contribution in [2.45, 2.75) is 52.9 Å². The molecule has 0 N–H and O–H groups in total. The average molecular weight is 226 g/mol. The lowest BCUT2D eigenvalue weighted by atomic mass is 9.66.